The van der Waals surface area contributed by atoms with Gasteiger partial charge in [-0.15, -0.1) is 17.8 Å². The number of amides is 1. The Balaban J connectivity index is 1.63. The molecule has 0 saturated carbocycles. The van der Waals surface area contributed by atoms with Crippen molar-refractivity contribution in [3.05, 3.63) is 17.8 Å². The summed E-state index contributed by atoms with van der Waals surface area (Å²) in [7, 11) is 0. The van der Waals surface area contributed by atoms with Crippen LogP contribution in [0.5, 0.6) is 0 Å². The molecule has 7 heteroatoms. The maximum absolute atomic E-state index is 12.0. The van der Waals surface area contributed by atoms with E-state index in [-0.39, 0.29) is 18.5 Å². The SMILES string of the molecule is C#CCNC(=O)C(C)N1CCN(c2ncnc3sccc23)CC1. The summed E-state index contributed by atoms with van der Waals surface area (Å²) >= 11 is 1.63. The number of carbonyl (C=O) groups excluding carboxylic acids is 1. The quantitative estimate of drug-likeness (QED) is 0.847. The molecule has 1 N–H and O–H groups in total. The van der Waals surface area contributed by atoms with Crippen LogP contribution in [0.15, 0.2) is 17.8 Å². The number of nitrogens with one attached hydrogen (secondary N) is 1. The van der Waals surface area contributed by atoms with E-state index in [1.165, 1.54) is 0 Å². The van der Waals surface area contributed by atoms with Crippen LogP contribution in [0.3, 0.4) is 0 Å². The molecule has 0 bridgehead atoms. The molecule has 6 nitrogen and oxygen atoms in total. The van der Waals surface area contributed by atoms with E-state index in [0.29, 0.717) is 0 Å². The highest BCUT2D eigenvalue weighted by molar-refractivity contribution is 7.16. The molecule has 0 aromatic carbocycles. The number of terminal acetylenes is 1. The zero-order valence-electron chi connectivity index (χ0n) is 13.0. The van der Waals surface area contributed by atoms with Crippen molar-refractivity contribution in [2.75, 3.05) is 37.6 Å². The van der Waals surface area contributed by atoms with E-state index in [1.54, 1.807) is 17.7 Å². The topological polar surface area (TPSA) is 61.4 Å². The Morgan fingerprint density at radius 1 is 1.43 bits per heavy atom. The summed E-state index contributed by atoms with van der Waals surface area (Å²) in [4.78, 5) is 26.2. The van der Waals surface area contributed by atoms with Gasteiger partial charge in [0.15, 0.2) is 0 Å². The average molecular weight is 329 g/mol. The molecule has 1 fully saturated rings. The summed E-state index contributed by atoms with van der Waals surface area (Å²) in [5, 5.41) is 5.88. The normalized spacial score (nSPS) is 17.0. The van der Waals surface area contributed by atoms with Gasteiger partial charge in [0.25, 0.3) is 0 Å². The molecule has 1 aliphatic rings. The molecule has 3 rings (SSSR count). The Bertz CT molecular complexity index is 729. The number of anilines is 1. The van der Waals surface area contributed by atoms with Gasteiger partial charge < -0.3 is 10.2 Å². The summed E-state index contributed by atoms with van der Waals surface area (Å²) in [6, 6.07) is 1.90. The summed E-state index contributed by atoms with van der Waals surface area (Å²) in [6.07, 6.45) is 6.80. The molecule has 2 aromatic heterocycles. The van der Waals surface area contributed by atoms with Gasteiger partial charge in [0.05, 0.1) is 18.0 Å². The molecule has 1 amide bonds. The second-order valence-corrected chi connectivity index (χ2v) is 6.35. The van der Waals surface area contributed by atoms with Crippen LogP contribution in [0, 0.1) is 12.3 Å². The van der Waals surface area contributed by atoms with Gasteiger partial charge in [-0.2, -0.15) is 0 Å². The predicted molar refractivity (Wildman–Crippen MR) is 92.5 cm³/mol. The molecule has 1 atom stereocenters. The van der Waals surface area contributed by atoms with Crippen molar-refractivity contribution in [1.29, 1.82) is 0 Å². The molecule has 1 unspecified atom stereocenters. The van der Waals surface area contributed by atoms with Gasteiger partial charge in [-0.25, -0.2) is 9.97 Å². The third-order valence-electron chi connectivity index (χ3n) is 4.15. The van der Waals surface area contributed by atoms with Gasteiger partial charge in [0, 0.05) is 26.2 Å². The number of rotatable bonds is 4. The third kappa shape index (κ3) is 3.28. The van der Waals surface area contributed by atoms with Crippen molar-refractivity contribution in [2.45, 2.75) is 13.0 Å². The van der Waals surface area contributed by atoms with Gasteiger partial charge in [0.2, 0.25) is 5.91 Å². The zero-order valence-corrected chi connectivity index (χ0v) is 13.8. The average Bonchev–Trinajstić information content (AvgIpc) is 3.08. The van der Waals surface area contributed by atoms with Crippen LogP contribution in [0.4, 0.5) is 5.82 Å². The number of nitrogens with zero attached hydrogens (tertiary/aromatic N) is 4. The highest BCUT2D eigenvalue weighted by atomic mass is 32.1. The van der Waals surface area contributed by atoms with E-state index in [2.05, 4.69) is 37.1 Å². The molecule has 23 heavy (non-hydrogen) atoms. The number of carbonyl (C=O) groups is 1. The smallest absolute Gasteiger partial charge is 0.237 e. The monoisotopic (exact) mass is 329 g/mol. The second kappa shape index (κ2) is 6.94. The van der Waals surface area contributed by atoms with Crippen LogP contribution in [0.2, 0.25) is 0 Å². The standard InChI is InChI=1S/C16H19N5OS/c1-3-5-17-15(22)12(2)20-6-8-21(9-7-20)14-13-4-10-23-16(13)19-11-18-14/h1,4,10-12H,5-9H2,2H3,(H,17,22). The minimum Gasteiger partial charge on any atom is -0.353 e. The largest absolute Gasteiger partial charge is 0.353 e. The first-order valence-corrected chi connectivity index (χ1v) is 8.47. The minimum atomic E-state index is -0.169. The van der Waals surface area contributed by atoms with E-state index >= 15 is 0 Å². The fourth-order valence-corrected chi connectivity index (χ4v) is 3.53. The van der Waals surface area contributed by atoms with Crippen molar-refractivity contribution in [1.82, 2.24) is 20.2 Å². The number of thiophene rings is 1. The van der Waals surface area contributed by atoms with Crippen LogP contribution in [-0.2, 0) is 4.79 Å². The fourth-order valence-electron chi connectivity index (χ4n) is 2.80. The molecule has 2 aromatic rings. The summed E-state index contributed by atoms with van der Waals surface area (Å²) in [6.45, 7) is 5.52. The number of piperazine rings is 1. The maximum Gasteiger partial charge on any atom is 0.237 e. The molecule has 1 aliphatic heterocycles. The Hall–Kier alpha value is -2.17. The second-order valence-electron chi connectivity index (χ2n) is 5.46. The first-order chi connectivity index (χ1) is 11.2. The molecular formula is C16H19N5OS. The summed E-state index contributed by atoms with van der Waals surface area (Å²) < 4.78 is 0. The third-order valence-corrected chi connectivity index (χ3v) is 4.97. The van der Waals surface area contributed by atoms with E-state index in [1.807, 2.05) is 12.3 Å². The lowest BCUT2D eigenvalue weighted by Gasteiger charge is -2.38. The summed E-state index contributed by atoms with van der Waals surface area (Å²) in [5.74, 6) is 3.40. The fraction of sp³-hybridized carbons (Fsp3) is 0.438. The molecule has 120 valence electrons. The minimum absolute atomic E-state index is 0.0151. The van der Waals surface area contributed by atoms with Crippen molar-refractivity contribution in [3.8, 4) is 12.3 Å². The number of aromatic nitrogens is 2. The number of fused-ring (bicyclic) bond motifs is 1. The first-order valence-electron chi connectivity index (χ1n) is 7.59. The molecule has 0 aliphatic carbocycles. The van der Waals surface area contributed by atoms with Gasteiger partial charge >= 0.3 is 0 Å². The van der Waals surface area contributed by atoms with E-state index in [4.69, 9.17) is 6.42 Å². The van der Waals surface area contributed by atoms with Gasteiger partial charge in [-0.05, 0) is 18.4 Å². The molecule has 0 radical (unpaired) electrons. The van der Waals surface area contributed by atoms with Crippen LogP contribution >= 0.6 is 11.3 Å². The van der Waals surface area contributed by atoms with Crippen LogP contribution in [0.1, 0.15) is 6.92 Å². The molecule has 1 saturated heterocycles. The molecule has 3 heterocycles. The Labute approximate surface area is 139 Å². The Morgan fingerprint density at radius 2 is 2.22 bits per heavy atom. The number of hydrogen-bond donors (Lipinski definition) is 1. The Morgan fingerprint density at radius 3 is 2.96 bits per heavy atom. The van der Waals surface area contributed by atoms with Gasteiger partial charge in [0.1, 0.15) is 17.0 Å². The lowest BCUT2D eigenvalue weighted by molar-refractivity contribution is -0.125. The Kier molecular flexibility index (Phi) is 4.74. The van der Waals surface area contributed by atoms with Crippen molar-refractivity contribution >= 4 is 33.3 Å². The van der Waals surface area contributed by atoms with Crippen LogP contribution < -0.4 is 10.2 Å². The number of hydrogen-bond acceptors (Lipinski definition) is 6. The van der Waals surface area contributed by atoms with Gasteiger partial charge in [-0.3, -0.25) is 9.69 Å². The predicted octanol–water partition coefficient (Wildman–Crippen LogP) is 0.951. The highest BCUT2D eigenvalue weighted by Crippen LogP contribution is 2.27. The first kappa shape index (κ1) is 15.7. The summed E-state index contributed by atoms with van der Waals surface area (Å²) in [5.41, 5.74) is 0. The van der Waals surface area contributed by atoms with Crippen molar-refractivity contribution in [2.24, 2.45) is 0 Å². The molecular weight excluding hydrogens is 310 g/mol. The van der Waals surface area contributed by atoms with Gasteiger partial charge in [-0.1, -0.05) is 5.92 Å². The van der Waals surface area contributed by atoms with E-state index in [0.717, 1.165) is 42.2 Å². The van der Waals surface area contributed by atoms with Crippen molar-refractivity contribution < 1.29 is 4.79 Å². The van der Waals surface area contributed by atoms with Crippen LogP contribution in [0.25, 0.3) is 10.2 Å². The van der Waals surface area contributed by atoms with E-state index in [9.17, 15) is 4.79 Å². The zero-order chi connectivity index (χ0) is 16.2. The maximum atomic E-state index is 12.0. The lowest BCUT2D eigenvalue weighted by Crippen LogP contribution is -2.54. The van der Waals surface area contributed by atoms with Crippen molar-refractivity contribution in [3.63, 3.8) is 0 Å². The lowest BCUT2D eigenvalue weighted by atomic mass is 10.2. The van der Waals surface area contributed by atoms with Crippen LogP contribution in [-0.4, -0.2) is 59.5 Å². The van der Waals surface area contributed by atoms with E-state index < -0.39 is 0 Å². The highest BCUT2D eigenvalue weighted by Gasteiger charge is 2.26. The molecule has 0 spiro atoms.